The molecule has 1 aromatic heterocycles. The van der Waals surface area contributed by atoms with Crippen LogP contribution in [0.15, 0.2) is 91.1 Å². The largest absolute Gasteiger partial charge is 0.508 e. The molecular formula is C49H59N5O5. The van der Waals surface area contributed by atoms with Gasteiger partial charge in [-0.25, -0.2) is 4.98 Å². The van der Waals surface area contributed by atoms with E-state index in [0.717, 1.165) is 80.7 Å². The predicted octanol–water partition coefficient (Wildman–Crippen LogP) is 7.52. The molecule has 3 saturated heterocycles. The summed E-state index contributed by atoms with van der Waals surface area (Å²) in [5, 5.41) is 14.3. The first-order valence-corrected chi connectivity index (χ1v) is 21.9. The summed E-state index contributed by atoms with van der Waals surface area (Å²) >= 11 is 0. The monoisotopic (exact) mass is 797 g/mol. The Bertz CT molecular complexity index is 2030. The van der Waals surface area contributed by atoms with Gasteiger partial charge in [0.05, 0.1) is 6.61 Å². The Morgan fingerprint density at radius 2 is 1.42 bits per heavy atom. The Morgan fingerprint density at radius 3 is 2.07 bits per heavy atom. The SMILES string of the molecule is O=C1CCCC(=O)N1.O=C1NCc2cc3c(cc21)OCC31CCN(CC2CC3(CCN(c4ccccn4)CC3)C2)CC1.Oc1ccc2c(c1)CCCC2.c1ccccc1. The number of fused-ring (bicyclic) bond motifs is 4. The van der Waals surface area contributed by atoms with Crippen molar-refractivity contribution in [1.82, 2.24) is 20.5 Å². The van der Waals surface area contributed by atoms with E-state index in [2.05, 4.69) is 43.6 Å². The third-order valence-corrected chi connectivity index (χ3v) is 13.6. The fraction of sp³-hybridized carbons (Fsp3) is 0.469. The number of nitrogens with zero attached hydrogens (tertiary/aromatic N) is 3. The van der Waals surface area contributed by atoms with Crippen molar-refractivity contribution in [2.75, 3.05) is 44.2 Å². The van der Waals surface area contributed by atoms with Gasteiger partial charge in [-0.3, -0.25) is 19.7 Å². The Morgan fingerprint density at radius 1 is 0.729 bits per heavy atom. The first-order chi connectivity index (χ1) is 28.8. The van der Waals surface area contributed by atoms with E-state index in [0.29, 0.717) is 37.0 Å². The number of aromatic nitrogens is 1. The summed E-state index contributed by atoms with van der Waals surface area (Å²) in [6.45, 7) is 7.33. The summed E-state index contributed by atoms with van der Waals surface area (Å²) in [5.74, 6) is 3.12. The van der Waals surface area contributed by atoms with Crippen LogP contribution in [0, 0.1) is 11.3 Å². The third-order valence-electron chi connectivity index (χ3n) is 13.6. The Kier molecular flexibility index (Phi) is 12.6. The molecule has 2 aliphatic carbocycles. The normalized spacial score (nSPS) is 21.0. The number of hydrogen-bond donors (Lipinski definition) is 3. The van der Waals surface area contributed by atoms with Crippen LogP contribution in [0.4, 0.5) is 5.82 Å². The van der Waals surface area contributed by atoms with E-state index in [1.807, 2.05) is 66.9 Å². The van der Waals surface area contributed by atoms with E-state index < -0.39 is 0 Å². The van der Waals surface area contributed by atoms with Crippen LogP contribution in [0.3, 0.4) is 0 Å². The zero-order valence-corrected chi connectivity index (χ0v) is 34.3. The Balaban J connectivity index is 0.000000155. The quantitative estimate of drug-likeness (QED) is 0.182. The maximum Gasteiger partial charge on any atom is 0.252 e. The van der Waals surface area contributed by atoms with Gasteiger partial charge in [-0.05, 0) is 148 Å². The molecule has 0 radical (unpaired) electrons. The lowest BCUT2D eigenvalue weighted by Crippen LogP contribution is -2.51. The summed E-state index contributed by atoms with van der Waals surface area (Å²) < 4.78 is 6.12. The number of aryl methyl sites for hydroxylation is 2. The van der Waals surface area contributed by atoms with Gasteiger partial charge < -0.3 is 25.0 Å². The molecule has 3 N–H and O–H groups in total. The molecule has 0 atom stereocenters. The van der Waals surface area contributed by atoms with E-state index in [1.165, 1.54) is 68.2 Å². The highest BCUT2D eigenvalue weighted by Crippen LogP contribution is 2.54. The summed E-state index contributed by atoms with van der Waals surface area (Å²) in [4.78, 5) is 42.4. The number of carbonyl (C=O) groups is 3. The highest BCUT2D eigenvalue weighted by molar-refractivity contribution is 5.99. The number of piperidine rings is 3. The second-order valence-corrected chi connectivity index (χ2v) is 17.6. The number of imide groups is 1. The smallest absolute Gasteiger partial charge is 0.252 e. The minimum absolute atomic E-state index is 0.0397. The van der Waals surface area contributed by atoms with Gasteiger partial charge in [0.1, 0.15) is 17.3 Å². The molecule has 310 valence electrons. The van der Waals surface area contributed by atoms with Crippen LogP contribution in [0.25, 0.3) is 0 Å². The Hall–Kier alpha value is -5.22. The molecule has 59 heavy (non-hydrogen) atoms. The number of rotatable bonds is 3. The average molecular weight is 798 g/mol. The van der Waals surface area contributed by atoms with Crippen molar-refractivity contribution in [2.24, 2.45) is 11.3 Å². The zero-order chi connectivity index (χ0) is 40.7. The average Bonchev–Trinajstić information content (AvgIpc) is 3.80. The molecule has 4 aromatic rings. The number of aromatic hydroxyl groups is 1. The van der Waals surface area contributed by atoms with Gasteiger partial charge in [-0.15, -0.1) is 0 Å². The maximum absolute atomic E-state index is 12.0. The van der Waals surface area contributed by atoms with Crippen molar-refractivity contribution in [2.45, 2.75) is 95.4 Å². The number of anilines is 1. The van der Waals surface area contributed by atoms with Gasteiger partial charge in [0.25, 0.3) is 5.91 Å². The molecular weight excluding hydrogens is 739 g/mol. The van der Waals surface area contributed by atoms with Crippen molar-refractivity contribution >= 4 is 23.5 Å². The van der Waals surface area contributed by atoms with E-state index in [9.17, 15) is 19.5 Å². The number of pyridine rings is 1. The zero-order valence-electron chi connectivity index (χ0n) is 34.3. The van der Waals surface area contributed by atoms with Crippen LogP contribution in [0.2, 0.25) is 0 Å². The second-order valence-electron chi connectivity index (χ2n) is 17.6. The molecule has 10 heteroatoms. The fourth-order valence-electron chi connectivity index (χ4n) is 10.3. The van der Waals surface area contributed by atoms with Crippen molar-refractivity contribution in [1.29, 1.82) is 0 Å². The molecule has 5 aliphatic heterocycles. The number of hydrogen-bond acceptors (Lipinski definition) is 8. The number of nitrogens with one attached hydrogen (secondary N) is 2. The number of phenolic OH excluding ortho intramolecular Hbond substituents is 1. The highest BCUT2D eigenvalue weighted by atomic mass is 16.5. The minimum Gasteiger partial charge on any atom is -0.508 e. The van der Waals surface area contributed by atoms with Gasteiger partial charge >= 0.3 is 0 Å². The van der Waals surface area contributed by atoms with Crippen LogP contribution >= 0.6 is 0 Å². The molecule has 0 bridgehead atoms. The molecule has 7 aliphatic rings. The van der Waals surface area contributed by atoms with Gasteiger partial charge in [-0.1, -0.05) is 48.5 Å². The standard InChI is InChI=1S/C28H34N4O2.C10H12O.C6H6.C5H7NO2/c33-26-22-14-24-23(13-21(22)17-30-26)28(19-34-24)6-9-31(10-7-28)18-20-15-27(16-20)4-11-32(12-5-27)25-3-1-2-8-29-25;11-10-6-5-8-3-1-2-4-9(8)7-10;1-2-4-6-5-3-1;7-4-2-1-3-5(8)6-4/h1-3,8,13-14,20H,4-7,9-12,15-19H2,(H,30,33);5-7,11H,1-4H2;1-6H;1-3H2,(H,6,7,8). The van der Waals surface area contributed by atoms with Crippen LogP contribution in [0.1, 0.15) is 103 Å². The first-order valence-electron chi connectivity index (χ1n) is 21.9. The number of ether oxygens (including phenoxy) is 1. The van der Waals surface area contributed by atoms with Gasteiger partial charge in [-0.2, -0.15) is 0 Å². The molecule has 11 rings (SSSR count). The van der Waals surface area contributed by atoms with Crippen molar-refractivity contribution in [3.63, 3.8) is 0 Å². The lowest BCUT2D eigenvalue weighted by atomic mass is 9.57. The van der Waals surface area contributed by atoms with Crippen molar-refractivity contribution in [3.05, 3.63) is 119 Å². The predicted molar refractivity (Wildman–Crippen MR) is 229 cm³/mol. The summed E-state index contributed by atoms with van der Waals surface area (Å²) in [7, 11) is 0. The molecule has 4 fully saturated rings. The van der Waals surface area contributed by atoms with Crippen LogP contribution in [-0.4, -0.2) is 72.0 Å². The highest BCUT2D eigenvalue weighted by Gasteiger charge is 2.48. The number of phenols is 1. The van der Waals surface area contributed by atoms with Crippen molar-refractivity contribution < 1.29 is 24.2 Å². The van der Waals surface area contributed by atoms with Crippen LogP contribution in [-0.2, 0) is 34.4 Å². The van der Waals surface area contributed by atoms with E-state index in [1.54, 1.807) is 6.07 Å². The van der Waals surface area contributed by atoms with E-state index in [4.69, 9.17) is 4.74 Å². The molecule has 3 aromatic carbocycles. The molecule has 10 nitrogen and oxygen atoms in total. The number of likely N-dealkylation sites (tertiary alicyclic amines) is 1. The van der Waals surface area contributed by atoms with E-state index in [-0.39, 0.29) is 23.1 Å². The summed E-state index contributed by atoms with van der Waals surface area (Å²) in [6, 6.07) is 28.2. The topological polar surface area (TPSA) is 124 Å². The van der Waals surface area contributed by atoms with Gasteiger partial charge in [0, 0.05) is 61.8 Å². The summed E-state index contributed by atoms with van der Waals surface area (Å²) in [6.07, 6.45) is 16.3. The fourth-order valence-corrected chi connectivity index (χ4v) is 10.3. The number of carbonyl (C=O) groups excluding carboxylic acids is 3. The third kappa shape index (κ3) is 9.81. The maximum atomic E-state index is 12.0. The number of amides is 3. The summed E-state index contributed by atoms with van der Waals surface area (Å²) in [5.41, 5.74) is 6.81. The molecule has 2 spiro atoms. The molecule has 6 heterocycles. The van der Waals surface area contributed by atoms with Crippen LogP contribution in [0.5, 0.6) is 11.5 Å². The molecule has 0 unspecified atom stereocenters. The molecule has 3 amide bonds. The number of benzene rings is 3. The second kappa shape index (κ2) is 18.4. The minimum atomic E-state index is -0.138. The van der Waals surface area contributed by atoms with Gasteiger partial charge in [0.2, 0.25) is 11.8 Å². The van der Waals surface area contributed by atoms with Crippen LogP contribution < -0.4 is 20.3 Å². The lowest BCUT2D eigenvalue weighted by molar-refractivity contribution is -0.132. The van der Waals surface area contributed by atoms with Gasteiger partial charge in [0.15, 0.2) is 0 Å². The Labute approximate surface area is 348 Å². The van der Waals surface area contributed by atoms with E-state index >= 15 is 0 Å². The molecule has 1 saturated carbocycles. The van der Waals surface area contributed by atoms with Crippen molar-refractivity contribution in [3.8, 4) is 11.5 Å². The lowest BCUT2D eigenvalue weighted by Gasteiger charge is -2.54. The first kappa shape index (κ1) is 40.6.